The highest BCUT2D eigenvalue weighted by atomic mass is 14.9. The summed E-state index contributed by atoms with van der Waals surface area (Å²) in [5, 5.41) is 6.97. The minimum Gasteiger partial charge on any atom is -0.251 e. The highest BCUT2D eigenvalue weighted by Crippen LogP contribution is 2.45. The van der Waals surface area contributed by atoms with E-state index in [1.807, 2.05) is 45.0 Å². The van der Waals surface area contributed by atoms with E-state index in [1.54, 1.807) is 0 Å². The van der Waals surface area contributed by atoms with Crippen LogP contribution in [0.3, 0.4) is 0 Å². The third kappa shape index (κ3) is 4.72. The first-order valence-corrected chi connectivity index (χ1v) is 15.2. The van der Waals surface area contributed by atoms with Gasteiger partial charge >= 0.3 is 0 Å². The summed E-state index contributed by atoms with van der Waals surface area (Å²) in [5.74, 6) is 0.755. The number of fused-ring (bicyclic) bond motifs is 3. The molecule has 0 radical (unpaired) electrons. The molecule has 0 aliphatic heterocycles. The molecule has 4 nitrogen and oxygen atoms in total. The Bertz CT molecular complexity index is 2330. The van der Waals surface area contributed by atoms with Crippen molar-refractivity contribution in [3.63, 3.8) is 0 Å². The monoisotopic (exact) mass is 578 g/mol. The van der Waals surface area contributed by atoms with Crippen molar-refractivity contribution in [2.75, 3.05) is 0 Å². The normalized spacial score (nSPS) is 11.4. The van der Waals surface area contributed by atoms with Gasteiger partial charge in [0, 0.05) is 33.6 Å². The number of hydrogen-bond acceptors (Lipinski definition) is 4. The molecule has 0 amide bonds. The maximum Gasteiger partial charge on any atom is 0.159 e. The molecule has 0 fully saturated rings. The van der Waals surface area contributed by atoms with Crippen LogP contribution >= 0.6 is 0 Å². The summed E-state index contributed by atoms with van der Waals surface area (Å²) in [6.07, 6.45) is 0. The molecule has 0 saturated heterocycles. The van der Waals surface area contributed by atoms with E-state index in [2.05, 4.69) is 113 Å². The van der Waals surface area contributed by atoms with Crippen LogP contribution in [-0.4, -0.2) is 19.9 Å². The Balaban J connectivity index is 1.40. The van der Waals surface area contributed by atoms with Gasteiger partial charge in [0.05, 0.1) is 17.1 Å². The Morgan fingerprint density at radius 1 is 0.378 bits per heavy atom. The molecular formula is C41H30N4. The number of pyridine rings is 2. The lowest BCUT2D eigenvalue weighted by Crippen LogP contribution is -1.97. The second kappa shape index (κ2) is 10.8. The first kappa shape index (κ1) is 26.9. The van der Waals surface area contributed by atoms with Crippen LogP contribution in [0.15, 0.2) is 127 Å². The number of aromatic nitrogens is 4. The lowest BCUT2D eigenvalue weighted by molar-refractivity contribution is 1.06. The van der Waals surface area contributed by atoms with Gasteiger partial charge in [-0.15, -0.1) is 0 Å². The van der Waals surface area contributed by atoms with Crippen LogP contribution in [0.2, 0.25) is 0 Å². The fourth-order valence-electron chi connectivity index (χ4n) is 6.54. The highest BCUT2D eigenvalue weighted by molar-refractivity contribution is 6.23. The van der Waals surface area contributed by atoms with Crippen LogP contribution in [0.1, 0.15) is 17.1 Å². The molecule has 0 spiro atoms. The fraction of sp³-hybridized carbons (Fsp3) is 0.0732. The molecule has 45 heavy (non-hydrogen) atoms. The molecule has 4 heteroatoms. The van der Waals surface area contributed by atoms with E-state index in [1.165, 1.54) is 27.1 Å². The average Bonchev–Trinajstić information content (AvgIpc) is 3.06. The van der Waals surface area contributed by atoms with Crippen LogP contribution < -0.4 is 0 Å². The Kier molecular flexibility index (Phi) is 6.42. The van der Waals surface area contributed by atoms with E-state index in [0.717, 1.165) is 67.5 Å². The molecule has 0 aliphatic carbocycles. The predicted molar refractivity (Wildman–Crippen MR) is 186 cm³/mol. The van der Waals surface area contributed by atoms with Crippen LogP contribution in [0.4, 0.5) is 0 Å². The topological polar surface area (TPSA) is 51.6 Å². The molecule has 3 heterocycles. The van der Waals surface area contributed by atoms with E-state index in [9.17, 15) is 0 Å². The number of benzene rings is 5. The number of aryl methyl sites for hydroxylation is 3. The maximum atomic E-state index is 5.37. The van der Waals surface area contributed by atoms with Gasteiger partial charge in [-0.25, -0.2) is 15.0 Å². The summed E-state index contributed by atoms with van der Waals surface area (Å²) in [4.78, 5) is 19.6. The molecule has 214 valence electrons. The van der Waals surface area contributed by atoms with Gasteiger partial charge in [-0.2, -0.15) is 0 Å². The molecule has 0 N–H and O–H groups in total. The van der Waals surface area contributed by atoms with E-state index in [0.29, 0.717) is 0 Å². The molecule has 0 saturated carbocycles. The first-order chi connectivity index (χ1) is 22.0. The largest absolute Gasteiger partial charge is 0.251 e. The molecular weight excluding hydrogens is 548 g/mol. The molecule has 5 aromatic carbocycles. The van der Waals surface area contributed by atoms with Crippen molar-refractivity contribution in [2.45, 2.75) is 20.8 Å². The minimum absolute atomic E-state index is 0.755. The SMILES string of the molecule is Cc1cccc(-c2cc3ccccc3c(-c3c4ccccc4c(-c4ccc(-c5nc(C)cc(C)n5)cc4)c4ccccc34)n2)n1. The van der Waals surface area contributed by atoms with E-state index < -0.39 is 0 Å². The fourth-order valence-corrected chi connectivity index (χ4v) is 6.54. The Hall–Kier alpha value is -5.74. The van der Waals surface area contributed by atoms with Crippen molar-refractivity contribution in [1.29, 1.82) is 0 Å². The quantitative estimate of drug-likeness (QED) is 0.195. The van der Waals surface area contributed by atoms with Crippen molar-refractivity contribution in [1.82, 2.24) is 19.9 Å². The van der Waals surface area contributed by atoms with E-state index in [-0.39, 0.29) is 0 Å². The smallest absolute Gasteiger partial charge is 0.159 e. The van der Waals surface area contributed by atoms with Crippen LogP contribution in [0, 0.1) is 20.8 Å². The number of nitrogens with zero attached hydrogens (tertiary/aromatic N) is 4. The molecule has 0 unspecified atom stereocenters. The standard InChI is InChI=1S/C41H30N4/c1-25-11-10-18-36(42-25)37-24-30-12-4-5-13-31(30)40(45-37)39-34-16-8-6-14-32(34)38(33-15-7-9-17-35(33)39)28-19-21-29(22-20-28)41-43-26(2)23-27(3)44-41/h4-24H,1-3H3. The lowest BCUT2D eigenvalue weighted by Gasteiger charge is -2.19. The van der Waals surface area contributed by atoms with Gasteiger partial charge in [0.25, 0.3) is 0 Å². The maximum absolute atomic E-state index is 5.37. The summed E-state index contributed by atoms with van der Waals surface area (Å²) < 4.78 is 0. The van der Waals surface area contributed by atoms with E-state index >= 15 is 0 Å². The average molecular weight is 579 g/mol. The van der Waals surface area contributed by atoms with Crippen LogP contribution in [0.5, 0.6) is 0 Å². The Morgan fingerprint density at radius 2 is 0.933 bits per heavy atom. The van der Waals surface area contributed by atoms with Crippen molar-refractivity contribution in [2.24, 2.45) is 0 Å². The van der Waals surface area contributed by atoms with Gasteiger partial charge in [0.15, 0.2) is 5.82 Å². The van der Waals surface area contributed by atoms with Crippen molar-refractivity contribution >= 4 is 32.3 Å². The number of hydrogen-bond donors (Lipinski definition) is 0. The minimum atomic E-state index is 0.755. The van der Waals surface area contributed by atoms with Crippen molar-refractivity contribution < 1.29 is 0 Å². The lowest BCUT2D eigenvalue weighted by atomic mass is 9.86. The van der Waals surface area contributed by atoms with Gasteiger partial charge in [0.1, 0.15) is 0 Å². The molecule has 0 aliphatic rings. The Labute approximate surface area is 262 Å². The second-order valence-electron chi connectivity index (χ2n) is 11.6. The van der Waals surface area contributed by atoms with Crippen molar-refractivity contribution in [3.05, 3.63) is 144 Å². The molecule has 0 bridgehead atoms. The first-order valence-electron chi connectivity index (χ1n) is 15.2. The third-order valence-electron chi connectivity index (χ3n) is 8.47. The molecule has 8 aromatic rings. The third-order valence-corrected chi connectivity index (χ3v) is 8.47. The summed E-state index contributed by atoms with van der Waals surface area (Å²) in [6.45, 7) is 6.04. The van der Waals surface area contributed by atoms with Crippen LogP contribution in [-0.2, 0) is 0 Å². The Morgan fingerprint density at radius 3 is 1.56 bits per heavy atom. The van der Waals surface area contributed by atoms with Gasteiger partial charge in [-0.1, -0.05) is 103 Å². The van der Waals surface area contributed by atoms with Crippen LogP contribution in [0.25, 0.3) is 77.5 Å². The summed E-state index contributed by atoms with van der Waals surface area (Å²) in [5.41, 5.74) is 10.1. The van der Waals surface area contributed by atoms with E-state index in [4.69, 9.17) is 9.97 Å². The number of rotatable bonds is 4. The zero-order chi connectivity index (χ0) is 30.5. The van der Waals surface area contributed by atoms with Gasteiger partial charge in [0.2, 0.25) is 0 Å². The predicted octanol–water partition coefficient (Wildman–Crippen LogP) is 10.3. The molecule has 0 atom stereocenters. The molecule has 8 rings (SSSR count). The molecule has 3 aromatic heterocycles. The van der Waals surface area contributed by atoms with Crippen molar-refractivity contribution in [3.8, 4) is 45.2 Å². The summed E-state index contributed by atoms with van der Waals surface area (Å²) >= 11 is 0. The second-order valence-corrected chi connectivity index (χ2v) is 11.6. The van der Waals surface area contributed by atoms with Gasteiger partial charge in [-0.05, 0) is 83.1 Å². The zero-order valence-corrected chi connectivity index (χ0v) is 25.4. The van der Waals surface area contributed by atoms with Gasteiger partial charge < -0.3 is 0 Å². The zero-order valence-electron chi connectivity index (χ0n) is 25.4. The van der Waals surface area contributed by atoms with Gasteiger partial charge in [-0.3, -0.25) is 4.98 Å². The summed E-state index contributed by atoms with van der Waals surface area (Å²) in [7, 11) is 0. The highest BCUT2D eigenvalue weighted by Gasteiger charge is 2.20. The summed E-state index contributed by atoms with van der Waals surface area (Å²) in [6, 6.07) is 44.9.